The summed E-state index contributed by atoms with van der Waals surface area (Å²) in [6.07, 6.45) is 1.25. The third-order valence-corrected chi connectivity index (χ3v) is 5.68. The highest BCUT2D eigenvalue weighted by Gasteiger charge is 2.39. The highest BCUT2D eigenvalue weighted by atomic mass is 16.5. The molecule has 4 heterocycles. The number of ether oxygens (including phenoxy) is 1. The Labute approximate surface area is 181 Å². The number of hydrogen-bond acceptors (Lipinski definition) is 8. The molecule has 3 N–H and O–H groups in total. The first-order chi connectivity index (χ1) is 15.3. The Bertz CT molecular complexity index is 1250. The molecule has 4 atom stereocenters. The fourth-order valence-electron chi connectivity index (χ4n) is 3.88. The van der Waals surface area contributed by atoms with Gasteiger partial charge in [-0.25, -0.2) is 9.78 Å². The van der Waals surface area contributed by atoms with E-state index in [2.05, 4.69) is 15.3 Å². The molecule has 1 fully saturated rings. The average molecular weight is 444 g/mol. The molecule has 3 aromatic heterocycles. The van der Waals surface area contributed by atoms with Crippen LogP contribution in [0.15, 0.2) is 40.4 Å². The van der Waals surface area contributed by atoms with Crippen LogP contribution in [0.3, 0.4) is 0 Å². The van der Waals surface area contributed by atoms with E-state index in [0.29, 0.717) is 0 Å². The quantitative estimate of drug-likeness (QED) is 0.396. The van der Waals surface area contributed by atoms with Crippen molar-refractivity contribution in [1.82, 2.24) is 29.0 Å². The maximum atomic E-state index is 12.3. The van der Waals surface area contributed by atoms with Crippen LogP contribution in [-0.2, 0) is 36.6 Å². The second-order valence-corrected chi connectivity index (χ2v) is 7.83. The molecule has 3 aromatic rings. The van der Waals surface area contributed by atoms with Crippen LogP contribution < -0.4 is 16.6 Å². The van der Waals surface area contributed by atoms with Crippen molar-refractivity contribution in [1.29, 1.82) is 0 Å². The lowest BCUT2D eigenvalue weighted by atomic mass is 9.97. The number of amides is 1. The number of carbonyl (C=O) groups excluding carboxylic acids is 1. The number of nitrogens with zero attached hydrogens (tertiary/aromatic N) is 5. The number of aliphatic hydroxyl groups excluding tert-OH is 2. The number of aryl methyl sites for hydroxylation is 1. The number of rotatable bonds is 5. The summed E-state index contributed by atoms with van der Waals surface area (Å²) in [5.41, 5.74) is 0.138. The normalized spacial score (nSPS) is 23.4. The van der Waals surface area contributed by atoms with E-state index in [-0.39, 0.29) is 36.6 Å². The van der Waals surface area contributed by atoms with Crippen LogP contribution in [0.5, 0.6) is 0 Å². The molecule has 0 saturated carbocycles. The van der Waals surface area contributed by atoms with Gasteiger partial charge in [0.2, 0.25) is 5.91 Å². The largest absolute Gasteiger partial charge is 0.388 e. The van der Waals surface area contributed by atoms with Crippen molar-refractivity contribution in [2.45, 2.75) is 37.3 Å². The molecule has 0 radical (unpaired) electrons. The van der Waals surface area contributed by atoms with Crippen molar-refractivity contribution < 1.29 is 19.7 Å². The summed E-state index contributed by atoms with van der Waals surface area (Å²) in [4.78, 5) is 44.9. The fraction of sp³-hybridized carbons (Fsp3) is 0.450. The Kier molecular flexibility index (Phi) is 5.91. The predicted molar refractivity (Wildman–Crippen MR) is 112 cm³/mol. The summed E-state index contributed by atoms with van der Waals surface area (Å²) in [6.45, 7) is 0.0329. The lowest BCUT2D eigenvalue weighted by Crippen LogP contribution is -2.60. The number of carbonyl (C=O) groups is 1. The Morgan fingerprint density at radius 1 is 1.19 bits per heavy atom. The molecule has 1 aliphatic rings. The molecule has 1 saturated heterocycles. The zero-order valence-electron chi connectivity index (χ0n) is 17.6. The number of hydrogen-bond donors (Lipinski definition) is 3. The summed E-state index contributed by atoms with van der Waals surface area (Å²) in [5, 5.41) is 23.8. The minimum Gasteiger partial charge on any atom is -0.388 e. The van der Waals surface area contributed by atoms with Gasteiger partial charge in [0.25, 0.3) is 5.56 Å². The molecule has 1 aliphatic heterocycles. The van der Waals surface area contributed by atoms with Crippen LogP contribution in [0.4, 0.5) is 0 Å². The van der Waals surface area contributed by atoms with Gasteiger partial charge in [-0.3, -0.25) is 23.7 Å². The van der Waals surface area contributed by atoms with Gasteiger partial charge in [-0.2, -0.15) is 0 Å². The Morgan fingerprint density at radius 3 is 2.62 bits per heavy atom. The molecule has 0 spiro atoms. The topological polar surface area (TPSA) is 154 Å². The lowest BCUT2D eigenvalue weighted by molar-refractivity contribution is -0.158. The second-order valence-electron chi connectivity index (χ2n) is 7.83. The van der Waals surface area contributed by atoms with Crippen molar-refractivity contribution in [3.05, 3.63) is 57.3 Å². The third-order valence-electron chi connectivity index (χ3n) is 5.68. The van der Waals surface area contributed by atoms with Gasteiger partial charge in [0.05, 0.1) is 31.9 Å². The minimum absolute atomic E-state index is 0.0156. The van der Waals surface area contributed by atoms with Gasteiger partial charge in [-0.05, 0) is 17.7 Å². The Balaban J connectivity index is 1.46. The summed E-state index contributed by atoms with van der Waals surface area (Å²) in [6, 6.07) is 2.65. The molecule has 170 valence electrons. The van der Waals surface area contributed by atoms with E-state index in [4.69, 9.17) is 4.74 Å². The number of aliphatic hydroxyl groups is 2. The summed E-state index contributed by atoms with van der Waals surface area (Å²) in [5.74, 6) is -0.319. The van der Waals surface area contributed by atoms with Crippen LogP contribution in [0.2, 0.25) is 0 Å². The highest BCUT2D eigenvalue weighted by Crippen LogP contribution is 2.19. The molecular formula is C20H24N6O6. The van der Waals surface area contributed by atoms with E-state index in [9.17, 15) is 24.6 Å². The van der Waals surface area contributed by atoms with Gasteiger partial charge < -0.3 is 24.8 Å². The number of aromatic nitrogens is 5. The van der Waals surface area contributed by atoms with Crippen LogP contribution in [0, 0.1) is 0 Å². The van der Waals surface area contributed by atoms with Gasteiger partial charge in [0, 0.05) is 26.5 Å². The number of imidazole rings is 1. The molecule has 0 bridgehead atoms. The Morgan fingerprint density at radius 2 is 1.91 bits per heavy atom. The SMILES string of the molecule is Cn1c(=O)c2ncn(C[C@H]3OC[C@@H](NC(=O)Cc4ccncc4)[C@H](O)[C@@H]3O)c2n(C)c1=O. The number of fused-ring (bicyclic) bond motifs is 1. The molecule has 4 rings (SSSR count). The molecule has 12 nitrogen and oxygen atoms in total. The molecule has 0 aliphatic carbocycles. The van der Waals surface area contributed by atoms with Crippen LogP contribution in [0.1, 0.15) is 5.56 Å². The maximum absolute atomic E-state index is 12.3. The second kappa shape index (κ2) is 8.65. The zero-order valence-corrected chi connectivity index (χ0v) is 17.6. The highest BCUT2D eigenvalue weighted by molar-refractivity contribution is 5.78. The van der Waals surface area contributed by atoms with Crippen molar-refractivity contribution >= 4 is 17.1 Å². The summed E-state index contributed by atoms with van der Waals surface area (Å²) < 4.78 is 9.50. The van der Waals surface area contributed by atoms with E-state index in [1.165, 1.54) is 29.6 Å². The van der Waals surface area contributed by atoms with Gasteiger partial charge in [-0.1, -0.05) is 0 Å². The van der Waals surface area contributed by atoms with E-state index >= 15 is 0 Å². The van der Waals surface area contributed by atoms with Crippen LogP contribution >= 0.6 is 0 Å². The predicted octanol–water partition coefficient (Wildman–Crippen LogP) is -2.32. The van der Waals surface area contributed by atoms with Gasteiger partial charge in [0.15, 0.2) is 5.52 Å². The van der Waals surface area contributed by atoms with Crippen LogP contribution in [0.25, 0.3) is 11.2 Å². The van der Waals surface area contributed by atoms with Crippen molar-refractivity contribution in [2.24, 2.45) is 14.1 Å². The van der Waals surface area contributed by atoms with E-state index in [0.717, 1.165) is 10.1 Å². The van der Waals surface area contributed by atoms with E-state index < -0.39 is 35.6 Å². The monoisotopic (exact) mass is 444 g/mol. The summed E-state index contributed by atoms with van der Waals surface area (Å²) in [7, 11) is 2.89. The maximum Gasteiger partial charge on any atom is 0.332 e. The molecular weight excluding hydrogens is 420 g/mol. The first-order valence-electron chi connectivity index (χ1n) is 10.0. The molecule has 32 heavy (non-hydrogen) atoms. The third kappa shape index (κ3) is 3.95. The molecule has 0 aromatic carbocycles. The lowest BCUT2D eigenvalue weighted by Gasteiger charge is -2.38. The van der Waals surface area contributed by atoms with Gasteiger partial charge in [-0.15, -0.1) is 0 Å². The van der Waals surface area contributed by atoms with Crippen molar-refractivity contribution in [3.63, 3.8) is 0 Å². The fourth-order valence-corrected chi connectivity index (χ4v) is 3.88. The molecule has 12 heteroatoms. The van der Waals surface area contributed by atoms with Crippen molar-refractivity contribution in [3.8, 4) is 0 Å². The molecule has 1 amide bonds. The van der Waals surface area contributed by atoms with Crippen molar-refractivity contribution in [2.75, 3.05) is 6.61 Å². The van der Waals surface area contributed by atoms with E-state index in [1.54, 1.807) is 24.5 Å². The summed E-state index contributed by atoms with van der Waals surface area (Å²) >= 11 is 0. The first-order valence-corrected chi connectivity index (χ1v) is 10.0. The number of nitrogens with one attached hydrogen (secondary N) is 1. The zero-order chi connectivity index (χ0) is 23.0. The molecule has 0 unspecified atom stereocenters. The Hall–Kier alpha value is -3.35. The van der Waals surface area contributed by atoms with Crippen LogP contribution in [-0.4, -0.2) is 70.8 Å². The van der Waals surface area contributed by atoms with E-state index in [1.807, 2.05) is 0 Å². The smallest absolute Gasteiger partial charge is 0.332 e. The first kappa shape index (κ1) is 21.9. The number of pyridine rings is 1. The minimum atomic E-state index is -1.31. The van der Waals surface area contributed by atoms with Gasteiger partial charge in [0.1, 0.15) is 24.0 Å². The van der Waals surface area contributed by atoms with Gasteiger partial charge >= 0.3 is 5.69 Å². The average Bonchev–Trinajstić information content (AvgIpc) is 3.20. The standard InChI is InChI=1S/C20H24N6O6/c1-24-18-15(19(30)25(2)20(24)31)22-10-26(18)8-13-17(29)16(28)12(9-32-13)23-14(27)7-11-3-5-21-6-4-11/h3-6,10,12-13,16-17,28-29H,7-9H2,1-2H3,(H,23,27)/t12-,13-,16+,17-/m1/s1.